The van der Waals surface area contributed by atoms with E-state index in [1.54, 1.807) is 18.2 Å². The highest BCUT2D eigenvalue weighted by Gasteiger charge is 2.14. The molecule has 260 valence electrons. The molecule has 0 atom stereocenters. The first-order chi connectivity index (χ1) is 22.1. The van der Waals surface area contributed by atoms with Crippen molar-refractivity contribution >= 4 is 11.9 Å². The molecule has 0 unspecified atom stereocenters. The quantitative estimate of drug-likeness (QED) is 0.0588. The lowest BCUT2D eigenvalue weighted by Gasteiger charge is -2.09. The van der Waals surface area contributed by atoms with Crippen LogP contribution in [0.15, 0.2) is 18.2 Å². The Hall–Kier alpha value is -1.84. The minimum Gasteiger partial charge on any atom is -0.462 e. The minimum absolute atomic E-state index is 0.352. The van der Waals surface area contributed by atoms with E-state index in [2.05, 4.69) is 13.8 Å². The summed E-state index contributed by atoms with van der Waals surface area (Å²) in [5.41, 5.74) is 1.73. The second-order valence-corrected chi connectivity index (χ2v) is 13.6. The standard InChI is InChI=1S/C41H72O4/c1-4-6-8-10-12-14-16-18-20-22-24-26-28-30-32-44-40(42)38-34-37(3)35-39(36-38)41(43)45-33-31-29-27-25-23-21-19-17-15-13-11-9-7-5-2/h34-36H,4-33H2,1-3H3. The van der Waals surface area contributed by atoms with Gasteiger partial charge in [-0.3, -0.25) is 0 Å². The van der Waals surface area contributed by atoms with Gasteiger partial charge >= 0.3 is 11.9 Å². The third kappa shape index (κ3) is 25.0. The Kier molecular flexibility index (Phi) is 28.2. The Bertz CT molecular complexity index is 769. The summed E-state index contributed by atoms with van der Waals surface area (Å²) in [4.78, 5) is 25.3. The molecule has 0 amide bonds. The molecule has 1 aromatic carbocycles. The van der Waals surface area contributed by atoms with E-state index in [9.17, 15) is 9.59 Å². The summed E-state index contributed by atoms with van der Waals surface area (Å²) in [6, 6.07) is 5.20. The Labute approximate surface area is 279 Å². The molecule has 1 aromatic rings. The van der Waals surface area contributed by atoms with Gasteiger partial charge in [-0.2, -0.15) is 0 Å². The number of hydrogen-bond donors (Lipinski definition) is 0. The highest BCUT2D eigenvalue weighted by atomic mass is 16.5. The van der Waals surface area contributed by atoms with Gasteiger partial charge in [-0.05, 0) is 43.5 Å². The highest BCUT2D eigenvalue weighted by molar-refractivity contribution is 5.95. The van der Waals surface area contributed by atoms with Crippen LogP contribution in [0.2, 0.25) is 0 Å². The summed E-state index contributed by atoms with van der Waals surface area (Å²) >= 11 is 0. The molecule has 45 heavy (non-hydrogen) atoms. The number of ether oxygens (including phenoxy) is 2. The summed E-state index contributed by atoms with van der Waals surface area (Å²) in [5.74, 6) is -0.705. The first kappa shape index (κ1) is 41.2. The molecule has 0 radical (unpaired) electrons. The highest BCUT2D eigenvalue weighted by Crippen LogP contribution is 2.16. The first-order valence-corrected chi connectivity index (χ1v) is 19.5. The fourth-order valence-corrected chi connectivity index (χ4v) is 6.11. The third-order valence-electron chi connectivity index (χ3n) is 9.01. The number of aryl methyl sites for hydroxylation is 1. The maximum Gasteiger partial charge on any atom is 0.338 e. The maximum atomic E-state index is 12.6. The van der Waals surface area contributed by atoms with Crippen LogP contribution in [-0.2, 0) is 9.47 Å². The van der Waals surface area contributed by atoms with Gasteiger partial charge in [0.1, 0.15) is 0 Å². The predicted molar refractivity (Wildman–Crippen MR) is 192 cm³/mol. The van der Waals surface area contributed by atoms with Crippen LogP contribution in [0, 0.1) is 6.92 Å². The Morgan fingerprint density at radius 3 is 0.911 bits per heavy atom. The molecule has 0 N–H and O–H groups in total. The maximum absolute atomic E-state index is 12.6. The minimum atomic E-state index is -0.352. The molecule has 0 bridgehead atoms. The molecule has 0 saturated heterocycles. The Morgan fingerprint density at radius 1 is 0.400 bits per heavy atom. The van der Waals surface area contributed by atoms with Crippen LogP contribution in [0.4, 0.5) is 0 Å². The van der Waals surface area contributed by atoms with Gasteiger partial charge in [-0.1, -0.05) is 181 Å². The Balaban J connectivity index is 2.05. The average Bonchev–Trinajstić information content (AvgIpc) is 3.04. The van der Waals surface area contributed by atoms with Crippen molar-refractivity contribution in [1.29, 1.82) is 0 Å². The topological polar surface area (TPSA) is 52.6 Å². The molecule has 4 nitrogen and oxygen atoms in total. The van der Waals surface area contributed by atoms with Crippen LogP contribution < -0.4 is 0 Å². The molecule has 0 aromatic heterocycles. The van der Waals surface area contributed by atoms with Gasteiger partial charge in [0.2, 0.25) is 0 Å². The number of esters is 2. The van der Waals surface area contributed by atoms with E-state index in [0.717, 1.165) is 31.2 Å². The number of unbranched alkanes of at least 4 members (excludes halogenated alkanes) is 26. The fraction of sp³-hybridized carbons (Fsp3) is 0.805. The lowest BCUT2D eigenvalue weighted by Crippen LogP contribution is -2.11. The molecular formula is C41H72O4. The van der Waals surface area contributed by atoms with Crippen LogP contribution in [0.25, 0.3) is 0 Å². The van der Waals surface area contributed by atoms with Gasteiger partial charge in [0.25, 0.3) is 0 Å². The van der Waals surface area contributed by atoms with Gasteiger partial charge in [0, 0.05) is 0 Å². The SMILES string of the molecule is CCCCCCCCCCCCCCCCOC(=O)c1cc(C)cc(C(=O)OCCCCCCCCCCCCCCCC)c1. The summed E-state index contributed by atoms with van der Waals surface area (Å²) in [6.07, 6.45) is 36.5. The summed E-state index contributed by atoms with van der Waals surface area (Å²) in [7, 11) is 0. The molecular weight excluding hydrogens is 556 g/mol. The normalized spacial score (nSPS) is 11.2. The molecule has 0 saturated carbocycles. The molecule has 0 aliphatic carbocycles. The Morgan fingerprint density at radius 2 is 0.644 bits per heavy atom. The van der Waals surface area contributed by atoms with Crippen LogP contribution in [-0.4, -0.2) is 25.2 Å². The molecule has 4 heteroatoms. The largest absolute Gasteiger partial charge is 0.462 e. The number of carbonyl (C=O) groups is 2. The van der Waals surface area contributed by atoms with Gasteiger partial charge in [0.05, 0.1) is 24.3 Å². The van der Waals surface area contributed by atoms with Crippen molar-refractivity contribution in [2.24, 2.45) is 0 Å². The number of benzene rings is 1. The average molecular weight is 629 g/mol. The van der Waals surface area contributed by atoms with E-state index >= 15 is 0 Å². The monoisotopic (exact) mass is 629 g/mol. The first-order valence-electron chi connectivity index (χ1n) is 19.5. The van der Waals surface area contributed by atoms with Crippen molar-refractivity contribution in [3.63, 3.8) is 0 Å². The van der Waals surface area contributed by atoms with Crippen molar-refractivity contribution in [1.82, 2.24) is 0 Å². The van der Waals surface area contributed by atoms with E-state index in [4.69, 9.17) is 9.47 Å². The van der Waals surface area contributed by atoms with Crippen molar-refractivity contribution < 1.29 is 19.1 Å². The zero-order valence-corrected chi connectivity index (χ0v) is 30.1. The van der Waals surface area contributed by atoms with Crippen molar-refractivity contribution in [2.75, 3.05) is 13.2 Å². The van der Waals surface area contributed by atoms with E-state index in [1.807, 2.05) is 6.92 Å². The molecule has 1 rings (SSSR count). The van der Waals surface area contributed by atoms with Gasteiger partial charge in [0.15, 0.2) is 0 Å². The summed E-state index contributed by atoms with van der Waals surface area (Å²) in [6.45, 7) is 7.31. The number of hydrogen-bond acceptors (Lipinski definition) is 4. The predicted octanol–water partition coefficient (Wildman–Crippen LogP) is 13.3. The van der Waals surface area contributed by atoms with Crippen molar-refractivity contribution in [3.8, 4) is 0 Å². The second kappa shape index (κ2) is 30.8. The third-order valence-corrected chi connectivity index (χ3v) is 9.01. The van der Waals surface area contributed by atoms with Crippen LogP contribution >= 0.6 is 0 Å². The van der Waals surface area contributed by atoms with Crippen LogP contribution in [0.3, 0.4) is 0 Å². The van der Waals surface area contributed by atoms with Crippen LogP contribution in [0.5, 0.6) is 0 Å². The van der Waals surface area contributed by atoms with Gasteiger partial charge in [-0.15, -0.1) is 0 Å². The smallest absolute Gasteiger partial charge is 0.338 e. The fourth-order valence-electron chi connectivity index (χ4n) is 6.11. The lowest BCUT2D eigenvalue weighted by atomic mass is 10.0. The van der Waals surface area contributed by atoms with Crippen molar-refractivity contribution in [2.45, 2.75) is 201 Å². The number of carbonyl (C=O) groups excluding carboxylic acids is 2. The zero-order valence-electron chi connectivity index (χ0n) is 30.1. The second-order valence-electron chi connectivity index (χ2n) is 13.6. The molecule has 0 aliphatic heterocycles. The molecule has 0 spiro atoms. The lowest BCUT2D eigenvalue weighted by molar-refractivity contribution is 0.0496. The molecule has 0 heterocycles. The number of rotatable bonds is 32. The summed E-state index contributed by atoms with van der Waals surface area (Å²) < 4.78 is 11.0. The van der Waals surface area contributed by atoms with E-state index in [0.29, 0.717) is 24.3 Å². The van der Waals surface area contributed by atoms with Gasteiger partial charge in [-0.25, -0.2) is 9.59 Å². The van der Waals surface area contributed by atoms with Crippen molar-refractivity contribution in [3.05, 3.63) is 34.9 Å². The summed E-state index contributed by atoms with van der Waals surface area (Å²) in [5, 5.41) is 0. The zero-order chi connectivity index (χ0) is 32.6. The molecule has 0 fully saturated rings. The van der Waals surface area contributed by atoms with E-state index < -0.39 is 0 Å². The van der Waals surface area contributed by atoms with Crippen LogP contribution in [0.1, 0.15) is 220 Å². The van der Waals surface area contributed by atoms with Gasteiger partial charge < -0.3 is 9.47 Å². The molecule has 0 aliphatic rings. The van der Waals surface area contributed by atoms with E-state index in [1.165, 1.54) is 154 Å². The van der Waals surface area contributed by atoms with E-state index in [-0.39, 0.29) is 11.9 Å².